The minimum Gasteiger partial charge on any atom is -0.383 e. The van der Waals surface area contributed by atoms with Gasteiger partial charge in [0, 0.05) is 18.5 Å². The third-order valence-corrected chi connectivity index (χ3v) is 4.77. The van der Waals surface area contributed by atoms with Gasteiger partial charge in [-0.1, -0.05) is 0 Å². The van der Waals surface area contributed by atoms with E-state index in [1.807, 2.05) is 0 Å². The van der Waals surface area contributed by atoms with E-state index in [2.05, 4.69) is 17.6 Å². The highest BCUT2D eigenvalue weighted by Gasteiger charge is 2.18. The maximum atomic E-state index is 11.8. The van der Waals surface area contributed by atoms with Gasteiger partial charge in [-0.3, -0.25) is 4.79 Å². The monoisotopic (exact) mass is 318 g/mol. The van der Waals surface area contributed by atoms with Crippen molar-refractivity contribution < 1.29 is 9.53 Å². The van der Waals surface area contributed by atoms with Gasteiger partial charge in [0.05, 0.1) is 18.2 Å². The number of ether oxygens (including phenoxy) is 1. The summed E-state index contributed by atoms with van der Waals surface area (Å²) in [7, 11) is 1.65. The van der Waals surface area contributed by atoms with Gasteiger partial charge in [-0.15, -0.1) is 23.7 Å². The number of fused-ring (bicyclic) bond motifs is 1. The number of methoxy groups -OCH3 is 1. The molecule has 4 nitrogen and oxygen atoms in total. The van der Waals surface area contributed by atoms with Crippen LogP contribution in [-0.4, -0.2) is 32.7 Å². The molecule has 0 radical (unpaired) electrons. The van der Waals surface area contributed by atoms with Gasteiger partial charge in [-0.2, -0.15) is 0 Å². The van der Waals surface area contributed by atoms with Crippen LogP contribution in [0.5, 0.6) is 0 Å². The molecule has 0 aromatic carbocycles. The standard InChI is InChI=1S/C14H22N2O2S.ClH/c1-10-11-5-3-4-6-12(11)19-14(10)16-13(17)9-15-7-8-18-2;/h15H,3-9H2,1-2H3,(H,16,17);1H. The second-order valence-corrected chi connectivity index (χ2v) is 5.99. The van der Waals surface area contributed by atoms with Gasteiger partial charge in [0.15, 0.2) is 0 Å². The maximum absolute atomic E-state index is 11.8. The van der Waals surface area contributed by atoms with Crippen molar-refractivity contribution >= 4 is 34.7 Å². The molecular formula is C14H23ClN2O2S. The Labute approximate surface area is 130 Å². The molecule has 1 aromatic rings. The zero-order valence-electron chi connectivity index (χ0n) is 12.1. The smallest absolute Gasteiger partial charge is 0.238 e. The quantitative estimate of drug-likeness (QED) is 0.792. The van der Waals surface area contributed by atoms with Crippen LogP contribution in [0.1, 0.15) is 28.8 Å². The van der Waals surface area contributed by atoms with E-state index in [9.17, 15) is 4.79 Å². The van der Waals surface area contributed by atoms with Crippen molar-refractivity contribution in [1.82, 2.24) is 5.32 Å². The molecule has 0 fully saturated rings. The number of hydrogen-bond donors (Lipinski definition) is 2. The van der Waals surface area contributed by atoms with Gasteiger partial charge in [0.25, 0.3) is 0 Å². The summed E-state index contributed by atoms with van der Waals surface area (Å²) in [5.74, 6) is 0.0257. The molecule has 1 heterocycles. The lowest BCUT2D eigenvalue weighted by Crippen LogP contribution is -2.30. The molecule has 2 rings (SSSR count). The van der Waals surface area contributed by atoms with Gasteiger partial charge in [0.2, 0.25) is 5.91 Å². The summed E-state index contributed by atoms with van der Waals surface area (Å²) in [5.41, 5.74) is 2.74. The van der Waals surface area contributed by atoms with E-state index in [4.69, 9.17) is 4.74 Å². The molecule has 20 heavy (non-hydrogen) atoms. The highest BCUT2D eigenvalue weighted by Crippen LogP contribution is 2.37. The van der Waals surface area contributed by atoms with E-state index in [0.717, 1.165) is 5.00 Å². The normalized spacial score (nSPS) is 13.5. The van der Waals surface area contributed by atoms with Gasteiger partial charge < -0.3 is 15.4 Å². The molecule has 0 spiro atoms. The minimum atomic E-state index is 0. The predicted molar refractivity (Wildman–Crippen MR) is 86.3 cm³/mol. The summed E-state index contributed by atoms with van der Waals surface area (Å²) in [6.07, 6.45) is 4.89. The Balaban J connectivity index is 0.00000200. The van der Waals surface area contributed by atoms with Crippen molar-refractivity contribution in [3.8, 4) is 0 Å². The van der Waals surface area contributed by atoms with Crippen LogP contribution >= 0.6 is 23.7 Å². The van der Waals surface area contributed by atoms with E-state index in [1.54, 1.807) is 18.4 Å². The average molecular weight is 319 g/mol. The first-order valence-electron chi connectivity index (χ1n) is 6.83. The summed E-state index contributed by atoms with van der Waals surface area (Å²) in [6, 6.07) is 0. The molecule has 1 aliphatic carbocycles. The van der Waals surface area contributed by atoms with Crippen LogP contribution in [0.15, 0.2) is 0 Å². The van der Waals surface area contributed by atoms with Crippen LogP contribution in [0, 0.1) is 6.92 Å². The molecule has 1 aromatic heterocycles. The number of carbonyl (C=O) groups is 1. The van der Waals surface area contributed by atoms with Gasteiger partial charge in [-0.25, -0.2) is 0 Å². The molecule has 1 aliphatic rings. The van der Waals surface area contributed by atoms with Crippen LogP contribution in [0.2, 0.25) is 0 Å². The number of anilines is 1. The molecule has 0 saturated carbocycles. The lowest BCUT2D eigenvalue weighted by atomic mass is 9.96. The molecule has 0 atom stereocenters. The molecule has 0 saturated heterocycles. The Hall–Kier alpha value is -0.620. The number of rotatable bonds is 6. The topological polar surface area (TPSA) is 50.4 Å². The lowest BCUT2D eigenvalue weighted by Gasteiger charge is -2.10. The number of hydrogen-bond acceptors (Lipinski definition) is 4. The second kappa shape index (κ2) is 8.62. The number of halogens is 1. The first-order valence-corrected chi connectivity index (χ1v) is 7.64. The Morgan fingerprint density at radius 2 is 2.10 bits per heavy atom. The molecule has 114 valence electrons. The van der Waals surface area contributed by atoms with Crippen LogP contribution in [0.25, 0.3) is 0 Å². The highest BCUT2D eigenvalue weighted by molar-refractivity contribution is 7.16. The molecule has 2 N–H and O–H groups in total. The average Bonchev–Trinajstić information content (AvgIpc) is 2.72. The number of aryl methyl sites for hydroxylation is 1. The number of carbonyl (C=O) groups excluding carboxylic acids is 1. The van der Waals surface area contributed by atoms with Crippen molar-refractivity contribution in [1.29, 1.82) is 0 Å². The fourth-order valence-corrected chi connectivity index (χ4v) is 3.70. The SMILES string of the molecule is COCCNCC(=O)Nc1sc2c(c1C)CCCC2.Cl. The van der Waals surface area contributed by atoms with Crippen molar-refractivity contribution in [2.45, 2.75) is 32.6 Å². The van der Waals surface area contributed by atoms with Crippen molar-refractivity contribution in [3.05, 3.63) is 16.0 Å². The molecule has 6 heteroatoms. The number of amides is 1. The highest BCUT2D eigenvalue weighted by atomic mass is 35.5. The lowest BCUT2D eigenvalue weighted by molar-refractivity contribution is -0.115. The third kappa shape index (κ3) is 4.45. The maximum Gasteiger partial charge on any atom is 0.238 e. The molecule has 0 bridgehead atoms. The van der Waals surface area contributed by atoms with Gasteiger partial charge in [-0.05, 0) is 43.7 Å². The molecule has 0 unspecified atom stereocenters. The fourth-order valence-electron chi connectivity index (χ4n) is 2.39. The molecular weight excluding hydrogens is 296 g/mol. The van der Waals surface area contributed by atoms with E-state index in [1.165, 1.54) is 41.7 Å². The van der Waals surface area contributed by atoms with E-state index >= 15 is 0 Å². The van der Waals surface area contributed by atoms with E-state index < -0.39 is 0 Å². The Bertz CT molecular complexity index is 449. The second-order valence-electron chi connectivity index (χ2n) is 4.88. The van der Waals surface area contributed by atoms with Crippen molar-refractivity contribution in [2.75, 3.05) is 32.1 Å². The summed E-state index contributed by atoms with van der Waals surface area (Å²) < 4.78 is 4.92. The molecule has 1 amide bonds. The predicted octanol–water partition coefficient (Wildman–Crippen LogP) is 2.53. The van der Waals surface area contributed by atoms with E-state index in [0.29, 0.717) is 19.7 Å². The summed E-state index contributed by atoms with van der Waals surface area (Å²) in [6.45, 7) is 3.78. The van der Waals surface area contributed by atoms with Crippen LogP contribution in [0.3, 0.4) is 0 Å². The van der Waals surface area contributed by atoms with Gasteiger partial charge >= 0.3 is 0 Å². The Morgan fingerprint density at radius 1 is 1.35 bits per heavy atom. The zero-order valence-corrected chi connectivity index (χ0v) is 13.7. The Morgan fingerprint density at radius 3 is 2.80 bits per heavy atom. The number of nitrogens with one attached hydrogen (secondary N) is 2. The Kier molecular flexibility index (Phi) is 7.51. The van der Waals surface area contributed by atoms with E-state index in [-0.39, 0.29) is 18.3 Å². The summed E-state index contributed by atoms with van der Waals surface area (Å²) >= 11 is 1.75. The number of thiophene rings is 1. The summed E-state index contributed by atoms with van der Waals surface area (Å²) in [4.78, 5) is 13.3. The van der Waals surface area contributed by atoms with Crippen LogP contribution < -0.4 is 10.6 Å². The van der Waals surface area contributed by atoms with Crippen molar-refractivity contribution in [2.24, 2.45) is 0 Å². The summed E-state index contributed by atoms with van der Waals surface area (Å²) in [5, 5.41) is 7.11. The van der Waals surface area contributed by atoms with Crippen LogP contribution in [0.4, 0.5) is 5.00 Å². The third-order valence-electron chi connectivity index (χ3n) is 3.46. The van der Waals surface area contributed by atoms with Crippen molar-refractivity contribution in [3.63, 3.8) is 0 Å². The van der Waals surface area contributed by atoms with Crippen LogP contribution in [-0.2, 0) is 22.4 Å². The first-order chi connectivity index (χ1) is 9.22. The van der Waals surface area contributed by atoms with Gasteiger partial charge in [0.1, 0.15) is 0 Å². The minimum absolute atomic E-state index is 0. The fraction of sp³-hybridized carbons (Fsp3) is 0.643. The molecule has 0 aliphatic heterocycles. The first kappa shape index (κ1) is 17.4. The zero-order chi connectivity index (χ0) is 13.7. The largest absolute Gasteiger partial charge is 0.383 e.